The minimum absolute atomic E-state index is 0.149. The molecule has 0 saturated carbocycles. The van der Waals surface area contributed by atoms with Crippen LogP contribution >= 0.6 is 0 Å². The fourth-order valence-corrected chi connectivity index (χ4v) is 2.05. The predicted molar refractivity (Wildman–Crippen MR) is 78.5 cm³/mol. The molecule has 0 aliphatic heterocycles. The van der Waals surface area contributed by atoms with Gasteiger partial charge in [-0.25, -0.2) is 4.39 Å². The van der Waals surface area contributed by atoms with E-state index >= 15 is 0 Å². The molecule has 0 unspecified atom stereocenters. The van der Waals surface area contributed by atoms with Crippen molar-refractivity contribution in [3.63, 3.8) is 0 Å². The van der Waals surface area contributed by atoms with Gasteiger partial charge in [-0.1, -0.05) is 30.3 Å². The maximum Gasteiger partial charge on any atom is 0.151 e. The van der Waals surface area contributed by atoms with Crippen molar-refractivity contribution >= 4 is 11.4 Å². The van der Waals surface area contributed by atoms with Gasteiger partial charge in [0.25, 0.3) is 0 Å². The van der Waals surface area contributed by atoms with Crippen molar-refractivity contribution in [2.45, 2.75) is 13.0 Å². The Labute approximate surface area is 118 Å². The lowest BCUT2D eigenvalue weighted by Gasteiger charge is -2.24. The largest absolute Gasteiger partial charge is 0.396 e. The molecule has 0 aromatic heterocycles. The molecule has 0 spiro atoms. The normalized spacial score (nSPS) is 10.0. The summed E-state index contributed by atoms with van der Waals surface area (Å²) in [6.07, 6.45) is 0.388. The van der Waals surface area contributed by atoms with Crippen molar-refractivity contribution in [3.05, 3.63) is 59.9 Å². The summed E-state index contributed by atoms with van der Waals surface area (Å²) in [7, 11) is 0. The lowest BCUT2D eigenvalue weighted by molar-refractivity contribution is 0.609. The summed E-state index contributed by atoms with van der Waals surface area (Å²) in [6, 6.07) is 16.8. The summed E-state index contributed by atoms with van der Waals surface area (Å²) in [5.41, 5.74) is 7.23. The van der Waals surface area contributed by atoms with Crippen molar-refractivity contribution in [1.29, 1.82) is 5.26 Å². The first kappa shape index (κ1) is 13.9. The van der Waals surface area contributed by atoms with Crippen LogP contribution in [0.4, 0.5) is 15.8 Å². The van der Waals surface area contributed by atoms with Crippen molar-refractivity contribution in [3.8, 4) is 6.07 Å². The van der Waals surface area contributed by atoms with Gasteiger partial charge in [-0.2, -0.15) is 5.26 Å². The number of hydrogen-bond donors (Lipinski definition) is 1. The third-order valence-electron chi connectivity index (χ3n) is 3.08. The molecular formula is C16H16FN3. The average Bonchev–Trinajstić information content (AvgIpc) is 2.48. The number of benzene rings is 2. The van der Waals surface area contributed by atoms with Crippen molar-refractivity contribution in [2.75, 3.05) is 17.2 Å². The second-order valence-corrected chi connectivity index (χ2v) is 4.49. The molecular weight excluding hydrogens is 253 g/mol. The lowest BCUT2D eigenvalue weighted by Crippen LogP contribution is -2.24. The minimum Gasteiger partial charge on any atom is -0.396 e. The molecule has 0 atom stereocenters. The summed E-state index contributed by atoms with van der Waals surface area (Å²) in [4.78, 5) is 1.97. The van der Waals surface area contributed by atoms with Crippen LogP contribution in [0.2, 0.25) is 0 Å². The van der Waals surface area contributed by atoms with Gasteiger partial charge in [0.15, 0.2) is 5.82 Å². The zero-order valence-corrected chi connectivity index (χ0v) is 11.1. The number of anilines is 2. The molecule has 2 aromatic carbocycles. The van der Waals surface area contributed by atoms with Crippen molar-refractivity contribution in [1.82, 2.24) is 0 Å². The van der Waals surface area contributed by atoms with E-state index in [0.29, 0.717) is 25.1 Å². The number of rotatable bonds is 5. The first-order chi connectivity index (χ1) is 9.72. The Kier molecular flexibility index (Phi) is 4.56. The van der Waals surface area contributed by atoms with Gasteiger partial charge in [-0.3, -0.25) is 0 Å². The fourth-order valence-electron chi connectivity index (χ4n) is 2.05. The Bertz CT molecular complexity index is 605. The molecule has 0 aliphatic carbocycles. The van der Waals surface area contributed by atoms with E-state index in [1.54, 1.807) is 18.2 Å². The highest BCUT2D eigenvalue weighted by atomic mass is 19.1. The molecule has 3 nitrogen and oxygen atoms in total. The average molecular weight is 269 g/mol. The SMILES string of the molecule is N#CCCN(Cc1cccc(N)c1F)c1ccccc1. The summed E-state index contributed by atoms with van der Waals surface area (Å²) >= 11 is 0. The maximum absolute atomic E-state index is 14.0. The van der Waals surface area contributed by atoms with E-state index in [-0.39, 0.29) is 11.5 Å². The van der Waals surface area contributed by atoms with Gasteiger partial charge < -0.3 is 10.6 Å². The van der Waals surface area contributed by atoms with Crippen LogP contribution in [0.15, 0.2) is 48.5 Å². The van der Waals surface area contributed by atoms with E-state index in [0.717, 1.165) is 5.69 Å². The molecule has 2 N–H and O–H groups in total. The standard InChI is InChI=1S/C16H16FN3/c17-16-13(6-4-9-15(16)19)12-20(11-5-10-18)14-7-2-1-3-8-14/h1-4,6-9H,5,11-12,19H2. The number of nitriles is 1. The summed E-state index contributed by atoms with van der Waals surface area (Å²) in [6.45, 7) is 0.942. The second kappa shape index (κ2) is 6.58. The maximum atomic E-state index is 14.0. The van der Waals surface area contributed by atoms with E-state index in [1.165, 1.54) is 0 Å². The number of hydrogen-bond acceptors (Lipinski definition) is 3. The van der Waals surface area contributed by atoms with E-state index in [9.17, 15) is 4.39 Å². The molecule has 0 heterocycles. The van der Waals surface area contributed by atoms with E-state index in [1.807, 2.05) is 35.2 Å². The van der Waals surface area contributed by atoms with Crippen molar-refractivity contribution in [2.24, 2.45) is 0 Å². The highest BCUT2D eigenvalue weighted by Gasteiger charge is 2.11. The van der Waals surface area contributed by atoms with Crippen LogP contribution in [0.1, 0.15) is 12.0 Å². The van der Waals surface area contributed by atoms with Gasteiger partial charge in [0, 0.05) is 24.3 Å². The summed E-state index contributed by atoms with van der Waals surface area (Å²) in [5.74, 6) is -0.384. The number of nitrogens with zero attached hydrogens (tertiary/aromatic N) is 2. The molecule has 20 heavy (non-hydrogen) atoms. The van der Waals surface area contributed by atoms with Crippen LogP contribution in [-0.2, 0) is 6.54 Å². The Morgan fingerprint density at radius 2 is 1.85 bits per heavy atom. The quantitative estimate of drug-likeness (QED) is 0.847. The number of para-hydroxylation sites is 1. The number of nitrogen functional groups attached to an aromatic ring is 1. The van der Waals surface area contributed by atoms with Gasteiger partial charge >= 0.3 is 0 Å². The molecule has 2 rings (SSSR count). The topological polar surface area (TPSA) is 53.0 Å². The first-order valence-corrected chi connectivity index (χ1v) is 6.42. The third-order valence-corrected chi connectivity index (χ3v) is 3.08. The molecule has 0 fully saturated rings. The van der Waals surface area contributed by atoms with Gasteiger partial charge in [-0.15, -0.1) is 0 Å². The van der Waals surface area contributed by atoms with E-state index in [4.69, 9.17) is 11.0 Å². The molecule has 0 amide bonds. The van der Waals surface area contributed by atoms with Crippen LogP contribution in [0.5, 0.6) is 0 Å². The summed E-state index contributed by atoms with van der Waals surface area (Å²) < 4.78 is 14.0. The zero-order chi connectivity index (χ0) is 14.4. The first-order valence-electron chi connectivity index (χ1n) is 6.42. The molecule has 0 radical (unpaired) electrons. The lowest BCUT2D eigenvalue weighted by atomic mass is 10.1. The molecule has 0 saturated heterocycles. The highest BCUT2D eigenvalue weighted by molar-refractivity contribution is 5.49. The van der Waals surface area contributed by atoms with E-state index in [2.05, 4.69) is 6.07 Å². The second-order valence-electron chi connectivity index (χ2n) is 4.49. The van der Waals surface area contributed by atoms with Crippen LogP contribution in [-0.4, -0.2) is 6.54 Å². The van der Waals surface area contributed by atoms with Gasteiger partial charge in [0.05, 0.1) is 18.2 Å². The Morgan fingerprint density at radius 1 is 1.10 bits per heavy atom. The number of nitrogens with two attached hydrogens (primary N) is 1. The van der Waals surface area contributed by atoms with Gasteiger partial charge in [0.1, 0.15) is 0 Å². The monoisotopic (exact) mass is 269 g/mol. The third kappa shape index (κ3) is 3.27. The van der Waals surface area contributed by atoms with Crippen molar-refractivity contribution < 1.29 is 4.39 Å². The predicted octanol–water partition coefficient (Wildman–Crippen LogP) is 3.33. The summed E-state index contributed by atoms with van der Waals surface area (Å²) in [5, 5.41) is 8.76. The van der Waals surface area contributed by atoms with E-state index < -0.39 is 0 Å². The van der Waals surface area contributed by atoms with Gasteiger partial charge in [-0.05, 0) is 18.2 Å². The zero-order valence-electron chi connectivity index (χ0n) is 11.1. The van der Waals surface area contributed by atoms with Crippen LogP contribution in [0.25, 0.3) is 0 Å². The van der Waals surface area contributed by atoms with Crippen LogP contribution < -0.4 is 10.6 Å². The van der Waals surface area contributed by atoms with Crippen LogP contribution in [0, 0.1) is 17.1 Å². The molecule has 4 heteroatoms. The smallest absolute Gasteiger partial charge is 0.151 e. The Morgan fingerprint density at radius 3 is 2.55 bits per heavy atom. The van der Waals surface area contributed by atoms with Gasteiger partial charge in [0.2, 0.25) is 0 Å². The molecule has 0 aliphatic rings. The fraction of sp³-hybridized carbons (Fsp3) is 0.188. The van der Waals surface area contributed by atoms with Crippen LogP contribution in [0.3, 0.4) is 0 Å². The Hall–Kier alpha value is -2.54. The minimum atomic E-state index is -0.384. The highest BCUT2D eigenvalue weighted by Crippen LogP contribution is 2.21. The Balaban J connectivity index is 2.24. The molecule has 102 valence electrons. The molecule has 0 bridgehead atoms. The number of halogens is 1. The molecule has 2 aromatic rings.